The van der Waals surface area contributed by atoms with Gasteiger partial charge in [-0.2, -0.15) is 0 Å². The Labute approximate surface area is 129 Å². The van der Waals surface area contributed by atoms with Crippen LogP contribution in [-0.2, 0) is 6.54 Å². The number of nitrogens with zero attached hydrogens (tertiary/aromatic N) is 1. The van der Waals surface area contributed by atoms with Gasteiger partial charge in [0, 0.05) is 29.1 Å². The maximum Gasteiger partial charge on any atom is 0.248 e. The summed E-state index contributed by atoms with van der Waals surface area (Å²) < 4.78 is 7.58. The number of carbonyl (C=O) groups excluding carboxylic acids is 2. The van der Waals surface area contributed by atoms with Crippen LogP contribution in [0.4, 0.5) is 0 Å². The summed E-state index contributed by atoms with van der Waals surface area (Å²) in [5.41, 5.74) is 8.29. The first-order valence-corrected chi connectivity index (χ1v) is 7.16. The Kier molecular flexibility index (Phi) is 4.65. The van der Waals surface area contributed by atoms with Crippen molar-refractivity contribution < 1.29 is 14.3 Å². The number of hydrogen-bond acceptors (Lipinski definition) is 3. The summed E-state index contributed by atoms with van der Waals surface area (Å²) in [6, 6.07) is 8.29. The third-order valence-electron chi connectivity index (χ3n) is 3.70. The van der Waals surface area contributed by atoms with Crippen LogP contribution in [0.25, 0.3) is 0 Å². The monoisotopic (exact) mass is 300 g/mol. The predicted molar refractivity (Wildman–Crippen MR) is 84.4 cm³/mol. The van der Waals surface area contributed by atoms with Crippen LogP contribution in [0, 0.1) is 13.8 Å². The third kappa shape index (κ3) is 3.19. The molecule has 2 N–H and O–H groups in total. The third-order valence-corrected chi connectivity index (χ3v) is 3.70. The Bertz CT molecular complexity index is 699. The van der Waals surface area contributed by atoms with Crippen molar-refractivity contribution >= 4 is 11.7 Å². The van der Waals surface area contributed by atoms with Crippen LogP contribution >= 0.6 is 0 Å². The molecule has 0 aliphatic heterocycles. The summed E-state index contributed by atoms with van der Waals surface area (Å²) in [5, 5.41) is 0. The summed E-state index contributed by atoms with van der Waals surface area (Å²) >= 11 is 0. The summed E-state index contributed by atoms with van der Waals surface area (Å²) in [5.74, 6) is -0.0240. The summed E-state index contributed by atoms with van der Waals surface area (Å²) in [7, 11) is 0. The molecule has 2 rings (SSSR count). The van der Waals surface area contributed by atoms with Gasteiger partial charge in [-0.15, -0.1) is 0 Å². The number of rotatable bonds is 6. The number of hydrogen-bond donors (Lipinski definition) is 1. The van der Waals surface area contributed by atoms with Crippen LogP contribution in [0.5, 0.6) is 5.75 Å². The van der Waals surface area contributed by atoms with Gasteiger partial charge in [-0.25, -0.2) is 0 Å². The minimum Gasteiger partial charge on any atom is -0.485 e. The quantitative estimate of drug-likeness (QED) is 0.833. The van der Waals surface area contributed by atoms with Crippen molar-refractivity contribution in [2.45, 2.75) is 27.3 Å². The van der Waals surface area contributed by atoms with Gasteiger partial charge in [0.25, 0.3) is 0 Å². The normalized spacial score (nSPS) is 10.5. The van der Waals surface area contributed by atoms with E-state index in [1.165, 1.54) is 0 Å². The van der Waals surface area contributed by atoms with E-state index in [9.17, 15) is 9.59 Å². The highest BCUT2D eigenvalue weighted by Gasteiger charge is 2.15. The molecule has 0 fully saturated rings. The zero-order valence-electron chi connectivity index (χ0n) is 13.1. The largest absolute Gasteiger partial charge is 0.485 e. The van der Waals surface area contributed by atoms with Crippen molar-refractivity contribution in [2.75, 3.05) is 6.61 Å². The van der Waals surface area contributed by atoms with Crippen molar-refractivity contribution in [1.29, 1.82) is 0 Å². The molecule has 0 aliphatic carbocycles. The summed E-state index contributed by atoms with van der Waals surface area (Å²) in [4.78, 5) is 23.3. The second-order valence-electron chi connectivity index (χ2n) is 5.13. The Hall–Kier alpha value is -2.56. The number of benzene rings is 1. The van der Waals surface area contributed by atoms with E-state index in [1.54, 1.807) is 24.3 Å². The molecule has 22 heavy (non-hydrogen) atoms. The highest BCUT2D eigenvalue weighted by molar-refractivity contribution is 5.98. The minimum atomic E-state index is -0.491. The molecule has 0 saturated carbocycles. The van der Waals surface area contributed by atoms with Crippen LogP contribution in [0.15, 0.2) is 30.3 Å². The number of Topliss-reactive ketones (excluding diaryl/α,β-unsaturated/α-hetero) is 1. The lowest BCUT2D eigenvalue weighted by molar-refractivity contribution is 0.0919. The molecule has 0 bridgehead atoms. The van der Waals surface area contributed by atoms with E-state index < -0.39 is 5.91 Å². The lowest BCUT2D eigenvalue weighted by Crippen LogP contribution is -2.13. The van der Waals surface area contributed by atoms with Crippen LogP contribution in [0.3, 0.4) is 0 Å². The minimum absolute atomic E-state index is 0.0378. The van der Waals surface area contributed by atoms with E-state index in [-0.39, 0.29) is 12.4 Å². The van der Waals surface area contributed by atoms with Crippen LogP contribution in [0.2, 0.25) is 0 Å². The van der Waals surface area contributed by atoms with Crippen LogP contribution in [-0.4, -0.2) is 22.9 Å². The van der Waals surface area contributed by atoms with Crippen molar-refractivity contribution in [3.63, 3.8) is 0 Å². The SMILES string of the molecule is CCn1c(C)cc(C(=O)COc2ccc(C(N)=O)cc2)c1C. The standard InChI is InChI=1S/C17H20N2O3/c1-4-19-11(2)9-15(12(19)3)16(20)10-22-14-7-5-13(6-8-14)17(18)21/h5-9H,4,10H2,1-3H3,(H2,18,21). The molecule has 1 amide bonds. The molecule has 116 valence electrons. The first-order chi connectivity index (χ1) is 10.4. The molecule has 5 nitrogen and oxygen atoms in total. The van der Waals surface area contributed by atoms with Gasteiger partial charge in [0.2, 0.25) is 11.7 Å². The van der Waals surface area contributed by atoms with E-state index in [0.717, 1.165) is 17.9 Å². The molecule has 1 aromatic carbocycles. The second kappa shape index (κ2) is 6.47. The Morgan fingerprint density at radius 1 is 1.18 bits per heavy atom. The molecule has 0 unspecified atom stereocenters. The van der Waals surface area contributed by atoms with Crippen molar-refractivity contribution in [2.24, 2.45) is 5.73 Å². The number of primary amides is 1. The fraction of sp³-hybridized carbons (Fsp3) is 0.294. The van der Waals surface area contributed by atoms with Gasteiger partial charge in [0.05, 0.1) is 0 Å². The van der Waals surface area contributed by atoms with Gasteiger partial charge in [0.15, 0.2) is 6.61 Å². The number of nitrogens with two attached hydrogens (primary N) is 1. The molecule has 0 aliphatic rings. The molecular weight excluding hydrogens is 280 g/mol. The van der Waals surface area contributed by atoms with E-state index in [4.69, 9.17) is 10.5 Å². The zero-order chi connectivity index (χ0) is 16.3. The van der Waals surface area contributed by atoms with E-state index in [2.05, 4.69) is 4.57 Å². The van der Waals surface area contributed by atoms with Gasteiger partial charge in [-0.1, -0.05) is 0 Å². The highest BCUT2D eigenvalue weighted by atomic mass is 16.5. The Balaban J connectivity index is 2.05. The number of aryl methyl sites for hydroxylation is 1. The van der Waals surface area contributed by atoms with Crippen molar-refractivity contribution in [1.82, 2.24) is 4.57 Å². The van der Waals surface area contributed by atoms with Crippen LogP contribution < -0.4 is 10.5 Å². The van der Waals surface area contributed by atoms with Gasteiger partial charge >= 0.3 is 0 Å². The smallest absolute Gasteiger partial charge is 0.248 e. The Morgan fingerprint density at radius 3 is 2.32 bits per heavy atom. The highest BCUT2D eigenvalue weighted by Crippen LogP contribution is 2.17. The topological polar surface area (TPSA) is 74.3 Å². The Morgan fingerprint density at radius 2 is 1.82 bits per heavy atom. The number of carbonyl (C=O) groups is 2. The molecule has 0 radical (unpaired) electrons. The molecule has 0 spiro atoms. The molecule has 0 atom stereocenters. The molecule has 1 aromatic heterocycles. The lowest BCUT2D eigenvalue weighted by atomic mass is 10.1. The van der Waals surface area contributed by atoms with E-state index >= 15 is 0 Å². The molecule has 0 saturated heterocycles. The molecule has 5 heteroatoms. The van der Waals surface area contributed by atoms with Crippen molar-refractivity contribution in [3.8, 4) is 5.75 Å². The number of amides is 1. The molecule has 1 heterocycles. The van der Waals surface area contributed by atoms with Gasteiger partial charge in [-0.3, -0.25) is 9.59 Å². The first-order valence-electron chi connectivity index (χ1n) is 7.16. The van der Waals surface area contributed by atoms with E-state index in [1.807, 2.05) is 26.8 Å². The first kappa shape index (κ1) is 15.8. The zero-order valence-corrected chi connectivity index (χ0v) is 13.1. The van der Waals surface area contributed by atoms with Gasteiger partial charge in [-0.05, 0) is 51.1 Å². The molecule has 2 aromatic rings. The average molecular weight is 300 g/mol. The predicted octanol–water partition coefficient (Wildman–Crippen LogP) is 2.49. The van der Waals surface area contributed by atoms with Crippen LogP contribution in [0.1, 0.15) is 39.0 Å². The number of ketones is 1. The fourth-order valence-corrected chi connectivity index (χ4v) is 2.51. The maximum atomic E-state index is 12.3. The average Bonchev–Trinajstić information content (AvgIpc) is 2.79. The van der Waals surface area contributed by atoms with Gasteiger partial charge in [0.1, 0.15) is 5.75 Å². The van der Waals surface area contributed by atoms with Gasteiger partial charge < -0.3 is 15.0 Å². The van der Waals surface area contributed by atoms with Crippen molar-refractivity contribution in [3.05, 3.63) is 52.8 Å². The number of aromatic nitrogens is 1. The summed E-state index contributed by atoms with van der Waals surface area (Å²) in [6.45, 7) is 6.76. The summed E-state index contributed by atoms with van der Waals surface area (Å²) in [6.07, 6.45) is 0. The second-order valence-corrected chi connectivity index (χ2v) is 5.13. The fourth-order valence-electron chi connectivity index (χ4n) is 2.51. The molecular formula is C17H20N2O3. The van der Waals surface area contributed by atoms with E-state index in [0.29, 0.717) is 16.9 Å². The number of ether oxygens (including phenoxy) is 1. The maximum absolute atomic E-state index is 12.3. The lowest BCUT2D eigenvalue weighted by Gasteiger charge is -2.07.